The van der Waals surface area contributed by atoms with Crippen LogP contribution < -0.4 is 11.5 Å². The van der Waals surface area contributed by atoms with Gasteiger partial charge in [0, 0.05) is 18.0 Å². The van der Waals surface area contributed by atoms with E-state index in [2.05, 4.69) is 23.8 Å². The first-order valence-corrected chi connectivity index (χ1v) is 18.0. The zero-order chi connectivity index (χ0) is 35.2. The van der Waals surface area contributed by atoms with Crippen LogP contribution in [0.2, 0.25) is 0 Å². The lowest BCUT2D eigenvalue weighted by Gasteiger charge is -2.28. The molecule has 2 aromatic heterocycles. The van der Waals surface area contributed by atoms with Gasteiger partial charge >= 0.3 is 23.5 Å². The number of primary amides is 1. The fourth-order valence-electron chi connectivity index (χ4n) is 4.93. The topological polar surface area (TPSA) is 364 Å². The first-order chi connectivity index (χ1) is 22.4. The second-order valence-corrected chi connectivity index (χ2v) is 14.6. The molecule has 0 aromatic carbocycles. The second kappa shape index (κ2) is 13.9. The van der Waals surface area contributed by atoms with Crippen LogP contribution in [-0.2, 0) is 45.8 Å². The number of carbonyl (C=O) groups is 1. The first kappa shape index (κ1) is 36.5. The summed E-state index contributed by atoms with van der Waals surface area (Å²) in [6.07, 6.45) is -6.47. The van der Waals surface area contributed by atoms with Gasteiger partial charge in [-0.1, -0.05) is 6.08 Å². The van der Waals surface area contributed by atoms with Crippen LogP contribution in [-0.4, -0.2) is 121 Å². The van der Waals surface area contributed by atoms with Crippen LogP contribution in [0, 0.1) is 0 Å². The number of allylic oxidation sites excluding steroid dienone is 1. The Morgan fingerprint density at radius 1 is 0.938 bits per heavy atom. The van der Waals surface area contributed by atoms with Gasteiger partial charge in [-0.3, -0.25) is 22.9 Å². The summed E-state index contributed by atoms with van der Waals surface area (Å²) in [4.78, 5) is 63.4. The molecule has 48 heavy (non-hydrogen) atoms. The number of aromatic nitrogens is 4. The van der Waals surface area contributed by atoms with E-state index in [1.807, 2.05) is 0 Å². The molecule has 24 nitrogen and oxygen atoms in total. The number of fused-ring (bicyclic) bond motifs is 1. The SMILES string of the molecule is NC(=O)C1=CN([C@H]2O[C@@H](COP(=O)(O)OP(=O)(O)OC[C@H]3O[C@@H](n4cnc5c(N)ncnc54)[C@H](OP(=O)(O)O)[C@H]3O)[C@H](O)[C@@H]2O)C=CC1. The van der Waals surface area contributed by atoms with Crippen LogP contribution in [0.5, 0.6) is 0 Å². The molecule has 5 rings (SSSR count). The third-order valence-electron chi connectivity index (χ3n) is 7.11. The molecule has 2 saturated heterocycles. The predicted molar refractivity (Wildman–Crippen MR) is 153 cm³/mol. The molecular weight excluding hydrogens is 715 g/mol. The molecule has 0 saturated carbocycles. The first-order valence-electron chi connectivity index (χ1n) is 13.5. The molecule has 3 aliphatic heterocycles. The number of nitrogens with two attached hydrogens (primary N) is 2. The van der Waals surface area contributed by atoms with Gasteiger partial charge in [-0.05, 0) is 6.42 Å². The lowest BCUT2D eigenvalue weighted by molar-refractivity contribution is -0.115. The van der Waals surface area contributed by atoms with Gasteiger partial charge in [0.15, 0.2) is 23.9 Å². The fraction of sp³-hybridized carbons (Fsp3) is 0.524. The molecule has 2 aromatic rings. The smallest absolute Gasteiger partial charge is 0.387 e. The Kier molecular flexibility index (Phi) is 10.6. The maximum absolute atomic E-state index is 12.6. The Morgan fingerprint density at radius 3 is 2.19 bits per heavy atom. The third-order valence-corrected chi connectivity index (χ3v) is 10.2. The van der Waals surface area contributed by atoms with E-state index < -0.39 is 91.7 Å². The quantitative estimate of drug-likeness (QED) is 0.0951. The van der Waals surface area contributed by atoms with Crippen molar-refractivity contribution in [2.24, 2.45) is 5.73 Å². The van der Waals surface area contributed by atoms with Crippen molar-refractivity contribution in [3.8, 4) is 0 Å². The van der Waals surface area contributed by atoms with E-state index in [4.69, 9.17) is 30.0 Å². The number of amides is 1. The Hall–Kier alpha value is -2.73. The van der Waals surface area contributed by atoms with Crippen LogP contribution in [0.4, 0.5) is 5.82 Å². The summed E-state index contributed by atoms with van der Waals surface area (Å²) >= 11 is 0. The van der Waals surface area contributed by atoms with E-state index in [0.717, 1.165) is 17.2 Å². The monoisotopic (exact) mass is 745 g/mol. The number of carbonyl (C=O) groups excluding carboxylic acids is 1. The number of hydrogen-bond acceptors (Lipinski definition) is 18. The lowest BCUT2D eigenvalue weighted by Crippen LogP contribution is -2.40. The number of rotatable bonds is 13. The van der Waals surface area contributed by atoms with Gasteiger partial charge in [-0.25, -0.2) is 28.6 Å². The van der Waals surface area contributed by atoms with Crippen LogP contribution in [0.15, 0.2) is 36.7 Å². The summed E-state index contributed by atoms with van der Waals surface area (Å²) in [6.45, 7) is -2.02. The van der Waals surface area contributed by atoms with Crippen molar-refractivity contribution >= 4 is 46.4 Å². The zero-order valence-electron chi connectivity index (χ0n) is 24.1. The Bertz CT molecular complexity index is 1740. The number of aliphatic hydroxyl groups excluding tert-OH is 3. The van der Waals surface area contributed by atoms with Crippen LogP contribution in [0.3, 0.4) is 0 Å². The van der Waals surface area contributed by atoms with Crippen molar-refractivity contribution in [2.75, 3.05) is 18.9 Å². The molecule has 0 spiro atoms. The second-order valence-electron chi connectivity index (χ2n) is 10.4. The highest BCUT2D eigenvalue weighted by atomic mass is 31.3. The Morgan fingerprint density at radius 2 is 1.56 bits per heavy atom. The molecule has 1 amide bonds. The molecule has 5 heterocycles. The van der Waals surface area contributed by atoms with E-state index in [9.17, 15) is 53.4 Å². The number of nitrogen functional groups attached to an aromatic ring is 1. The van der Waals surface area contributed by atoms with Gasteiger partial charge in [0.1, 0.15) is 48.5 Å². The zero-order valence-corrected chi connectivity index (χ0v) is 26.8. The molecule has 0 bridgehead atoms. The summed E-state index contributed by atoms with van der Waals surface area (Å²) in [7, 11) is -16.3. The molecule has 11 N–H and O–H groups in total. The number of phosphoric ester groups is 3. The van der Waals surface area contributed by atoms with Gasteiger partial charge in [0.2, 0.25) is 5.91 Å². The van der Waals surface area contributed by atoms with Crippen molar-refractivity contribution in [2.45, 2.75) is 55.5 Å². The molecule has 27 heteroatoms. The van der Waals surface area contributed by atoms with E-state index in [-0.39, 0.29) is 29.0 Å². The molecule has 3 aliphatic rings. The van der Waals surface area contributed by atoms with E-state index in [1.54, 1.807) is 0 Å². The van der Waals surface area contributed by atoms with E-state index in [0.29, 0.717) is 0 Å². The maximum atomic E-state index is 12.6. The molecule has 0 radical (unpaired) electrons. The van der Waals surface area contributed by atoms with Crippen molar-refractivity contribution in [3.63, 3.8) is 0 Å². The summed E-state index contributed by atoms with van der Waals surface area (Å²) in [5.41, 5.74) is 11.3. The minimum atomic E-state index is -5.52. The normalized spacial score (nSPS) is 31.9. The largest absolute Gasteiger partial charge is 0.481 e. The van der Waals surface area contributed by atoms with E-state index >= 15 is 0 Å². The predicted octanol–water partition coefficient (Wildman–Crippen LogP) is -2.57. The van der Waals surface area contributed by atoms with Crippen LogP contribution in [0.25, 0.3) is 11.2 Å². The molecular formula is C21H30N7O17P3. The Balaban J connectivity index is 1.20. The maximum Gasteiger partial charge on any atom is 0.481 e. The minimum absolute atomic E-state index is 0.00424. The molecule has 2 unspecified atom stereocenters. The van der Waals surface area contributed by atoms with Crippen molar-refractivity contribution in [1.29, 1.82) is 0 Å². The number of nitrogens with zero attached hydrogens (tertiary/aromatic N) is 5. The van der Waals surface area contributed by atoms with Crippen molar-refractivity contribution in [1.82, 2.24) is 24.4 Å². The van der Waals surface area contributed by atoms with Gasteiger partial charge in [-0.15, -0.1) is 0 Å². The van der Waals surface area contributed by atoms with Crippen molar-refractivity contribution in [3.05, 3.63) is 36.7 Å². The Labute approximate surface area is 268 Å². The summed E-state index contributed by atoms with van der Waals surface area (Å²) in [5.74, 6) is -0.791. The van der Waals surface area contributed by atoms with Gasteiger partial charge in [-0.2, -0.15) is 4.31 Å². The number of phosphoric acid groups is 3. The summed E-state index contributed by atoms with van der Waals surface area (Å²) < 4.78 is 67.2. The molecule has 10 atom stereocenters. The fourth-order valence-corrected chi connectivity index (χ4v) is 7.57. The highest BCUT2D eigenvalue weighted by Gasteiger charge is 2.51. The highest BCUT2D eigenvalue weighted by Crippen LogP contribution is 2.61. The molecule has 0 aliphatic carbocycles. The standard InChI is InChI=1S/C21H30N7O17P3/c22-17-12-19(25-7-24-17)28(8-26-12)21-16(44-46(33,34)35)14(30)11(43-21)6-41-48(38,39)45-47(36,37)40-5-10-13(29)15(31)20(42-10)27-3-1-2-9(4-27)18(23)32/h1,3-4,7-8,10-11,13-16,20-21,29-31H,2,5-6H2,(H2,23,32)(H,36,37)(H,38,39)(H2,22,24,25)(H2,33,34,35)/t10-,11+,13-,14-,15-,16+,20-,21+/m0/s1. The number of ether oxygens (including phenoxy) is 2. The number of anilines is 1. The number of hydrogen-bond donors (Lipinski definition) is 9. The van der Waals surface area contributed by atoms with Crippen molar-refractivity contribution < 1.29 is 80.7 Å². The highest BCUT2D eigenvalue weighted by molar-refractivity contribution is 7.61. The van der Waals surface area contributed by atoms with E-state index in [1.165, 1.54) is 23.4 Å². The van der Waals surface area contributed by atoms with Crippen LogP contribution >= 0.6 is 23.5 Å². The number of aliphatic hydroxyl groups is 3. The van der Waals surface area contributed by atoms with Crippen LogP contribution in [0.1, 0.15) is 12.6 Å². The average molecular weight is 745 g/mol. The molecule has 266 valence electrons. The van der Waals surface area contributed by atoms with Gasteiger partial charge in [0.05, 0.1) is 19.5 Å². The summed E-state index contributed by atoms with van der Waals surface area (Å²) in [5, 5.41) is 31.5. The summed E-state index contributed by atoms with van der Waals surface area (Å²) in [6, 6.07) is 0. The lowest BCUT2D eigenvalue weighted by atomic mass is 10.1. The molecule has 2 fully saturated rings. The average Bonchev–Trinajstić information content (AvgIpc) is 3.64. The minimum Gasteiger partial charge on any atom is -0.387 e. The van der Waals surface area contributed by atoms with Gasteiger partial charge in [0.25, 0.3) is 0 Å². The third kappa shape index (κ3) is 8.17. The number of imidazole rings is 1. The van der Waals surface area contributed by atoms with Gasteiger partial charge < -0.3 is 60.7 Å².